The maximum absolute atomic E-state index is 12.8. The van der Waals surface area contributed by atoms with E-state index in [2.05, 4.69) is 15.4 Å². The van der Waals surface area contributed by atoms with E-state index in [9.17, 15) is 18.4 Å². The number of amidine groups is 1. The van der Waals surface area contributed by atoms with E-state index in [1.807, 2.05) is 6.92 Å². The smallest absolute Gasteiger partial charge is 0.345 e. The number of alkyl halides is 2. The lowest BCUT2D eigenvalue weighted by Gasteiger charge is -2.31. The molecule has 9 nitrogen and oxygen atoms in total. The van der Waals surface area contributed by atoms with Gasteiger partial charge in [-0.1, -0.05) is 0 Å². The summed E-state index contributed by atoms with van der Waals surface area (Å²) < 4.78 is 40.8. The van der Waals surface area contributed by atoms with E-state index < -0.39 is 18.6 Å². The van der Waals surface area contributed by atoms with E-state index in [4.69, 9.17) is 14.9 Å². The minimum atomic E-state index is -2.93. The van der Waals surface area contributed by atoms with E-state index in [0.29, 0.717) is 11.3 Å². The lowest BCUT2D eigenvalue weighted by atomic mass is 10.1. The van der Waals surface area contributed by atoms with Gasteiger partial charge >= 0.3 is 12.5 Å². The minimum absolute atomic E-state index is 0.0311. The average molecular weight is 518 g/mol. The molecule has 11 heteroatoms. The van der Waals surface area contributed by atoms with E-state index >= 15 is 0 Å². The largest absolute Gasteiger partial charge is 0.488 e. The van der Waals surface area contributed by atoms with Crippen LogP contribution >= 0.6 is 0 Å². The highest BCUT2D eigenvalue weighted by atomic mass is 19.3. The molecule has 0 aromatic heterocycles. The first kappa shape index (κ1) is 27.6. The summed E-state index contributed by atoms with van der Waals surface area (Å²) >= 11 is 0. The summed E-state index contributed by atoms with van der Waals surface area (Å²) in [6.07, 6.45) is 3.30. The van der Waals surface area contributed by atoms with Crippen molar-refractivity contribution in [2.24, 2.45) is 0 Å². The molecule has 2 amide bonds. The van der Waals surface area contributed by atoms with Crippen LogP contribution in [-0.2, 0) is 4.74 Å². The van der Waals surface area contributed by atoms with Crippen molar-refractivity contribution in [2.45, 2.75) is 33.0 Å². The Kier molecular flexibility index (Phi) is 9.56. The van der Waals surface area contributed by atoms with Crippen LogP contribution < -0.4 is 25.5 Å². The molecule has 0 spiro atoms. The number of rotatable bonds is 11. The van der Waals surface area contributed by atoms with Crippen LogP contribution in [0.5, 0.6) is 17.2 Å². The van der Waals surface area contributed by atoms with E-state index in [-0.39, 0.29) is 35.4 Å². The fourth-order valence-electron chi connectivity index (χ4n) is 3.45. The summed E-state index contributed by atoms with van der Waals surface area (Å²) in [5, 5.41) is 11.1. The summed E-state index contributed by atoms with van der Waals surface area (Å²) in [4.78, 5) is 27.1. The van der Waals surface area contributed by atoms with Gasteiger partial charge in [0.05, 0.1) is 12.2 Å². The minimum Gasteiger partial charge on any atom is -0.488 e. The zero-order chi connectivity index (χ0) is 26.9. The highest BCUT2D eigenvalue weighted by Gasteiger charge is 2.22. The van der Waals surface area contributed by atoms with E-state index in [0.717, 1.165) is 25.1 Å². The van der Waals surface area contributed by atoms with Crippen LogP contribution in [0.2, 0.25) is 0 Å². The Balaban J connectivity index is 1.83. The Morgan fingerprint density at radius 1 is 1.14 bits per heavy atom. The summed E-state index contributed by atoms with van der Waals surface area (Å²) in [6.45, 7) is 1.59. The Morgan fingerprint density at radius 2 is 1.86 bits per heavy atom. The third-order valence-corrected chi connectivity index (χ3v) is 5.42. The molecule has 3 rings (SSSR count). The first-order chi connectivity index (χ1) is 17.7. The van der Waals surface area contributed by atoms with Gasteiger partial charge in [-0.3, -0.25) is 10.2 Å². The molecule has 0 aliphatic carbocycles. The number of likely N-dealkylation sites (tertiary alicyclic amines) is 1. The van der Waals surface area contributed by atoms with Crippen LogP contribution in [0.1, 0.15) is 39.6 Å². The van der Waals surface area contributed by atoms with Crippen molar-refractivity contribution in [3.63, 3.8) is 0 Å². The van der Waals surface area contributed by atoms with Crippen molar-refractivity contribution in [3.05, 3.63) is 65.4 Å². The molecule has 1 aliphatic rings. The summed E-state index contributed by atoms with van der Waals surface area (Å²) in [6, 6.07) is 9.58. The molecule has 0 bridgehead atoms. The molecule has 1 atom stereocenters. The second-order valence-electron chi connectivity index (χ2n) is 8.48. The van der Waals surface area contributed by atoms with Gasteiger partial charge in [0.15, 0.2) is 0 Å². The van der Waals surface area contributed by atoms with Crippen molar-refractivity contribution in [1.82, 2.24) is 15.5 Å². The summed E-state index contributed by atoms with van der Waals surface area (Å²) in [7, 11) is 1.68. The van der Waals surface area contributed by atoms with Crippen LogP contribution in [0.25, 0.3) is 0 Å². The Labute approximate surface area is 213 Å². The van der Waals surface area contributed by atoms with Gasteiger partial charge in [-0.05, 0) is 56.2 Å². The van der Waals surface area contributed by atoms with Gasteiger partial charge in [0.1, 0.15) is 23.4 Å². The lowest BCUT2D eigenvalue weighted by Crippen LogP contribution is -2.49. The summed E-state index contributed by atoms with van der Waals surface area (Å²) in [5.41, 5.74) is 1.45. The van der Waals surface area contributed by atoms with E-state index in [1.165, 1.54) is 24.3 Å². The van der Waals surface area contributed by atoms with Crippen LogP contribution in [0.15, 0.2) is 48.7 Å². The molecule has 0 radical (unpaired) electrons. The van der Waals surface area contributed by atoms with Crippen LogP contribution in [0, 0.1) is 6.92 Å². The summed E-state index contributed by atoms with van der Waals surface area (Å²) in [5.74, 6) is 0.484. The number of amides is 2. The van der Waals surface area contributed by atoms with Crippen LogP contribution in [0.3, 0.4) is 0 Å². The van der Waals surface area contributed by atoms with Gasteiger partial charge in [0.25, 0.3) is 11.7 Å². The van der Waals surface area contributed by atoms with E-state index in [1.54, 1.807) is 43.3 Å². The normalized spacial score (nSPS) is 13.7. The van der Waals surface area contributed by atoms with Crippen molar-refractivity contribution in [3.8, 4) is 17.2 Å². The average Bonchev–Trinajstić information content (AvgIpc) is 2.81. The number of ether oxygens (including phenoxy) is 3. The molecule has 4 N–H and O–H groups in total. The molecule has 0 saturated carbocycles. The Bertz CT molecular complexity index is 1170. The quantitative estimate of drug-likeness (QED) is 0.311. The van der Waals surface area contributed by atoms with Crippen molar-refractivity contribution >= 4 is 17.6 Å². The zero-order valence-electron chi connectivity index (χ0n) is 20.9. The molecule has 1 saturated heterocycles. The molecule has 0 unspecified atom stereocenters. The molecule has 1 heterocycles. The molecule has 37 heavy (non-hydrogen) atoms. The predicted molar refractivity (Wildman–Crippen MR) is 133 cm³/mol. The van der Waals surface area contributed by atoms with Crippen LogP contribution in [-0.4, -0.2) is 62.0 Å². The van der Waals surface area contributed by atoms with Crippen molar-refractivity contribution in [1.29, 1.82) is 0 Å². The SMILES string of the molecule is CN/C=C\C(=[NH2+])NC(=O)c1cc(Oc2ccc(C(=O)N3CCC3)cc2C)cc(O[C@@H](C)COC(F)F)c1. The molecule has 2 aromatic rings. The van der Waals surface area contributed by atoms with Gasteiger partial charge in [-0.25, -0.2) is 10.1 Å². The highest BCUT2D eigenvalue weighted by Crippen LogP contribution is 2.31. The fourth-order valence-corrected chi connectivity index (χ4v) is 3.45. The third kappa shape index (κ3) is 8.01. The maximum atomic E-state index is 12.8. The van der Waals surface area contributed by atoms with Crippen LogP contribution in [0.4, 0.5) is 8.78 Å². The van der Waals surface area contributed by atoms with Gasteiger partial charge < -0.3 is 24.4 Å². The van der Waals surface area contributed by atoms with Gasteiger partial charge in [-0.15, -0.1) is 0 Å². The van der Waals surface area contributed by atoms with Gasteiger partial charge in [0.2, 0.25) is 0 Å². The highest BCUT2D eigenvalue weighted by molar-refractivity contribution is 6.08. The zero-order valence-corrected chi connectivity index (χ0v) is 20.9. The monoisotopic (exact) mass is 517 g/mol. The molecule has 1 aliphatic heterocycles. The van der Waals surface area contributed by atoms with Gasteiger partial charge in [0, 0.05) is 44.0 Å². The topological polar surface area (TPSA) is 115 Å². The van der Waals surface area contributed by atoms with Crippen molar-refractivity contribution < 1.29 is 38.0 Å². The predicted octanol–water partition coefficient (Wildman–Crippen LogP) is 2.26. The number of nitrogens with zero attached hydrogens (tertiary/aromatic N) is 1. The number of aryl methyl sites for hydroxylation is 1. The number of carbonyl (C=O) groups is 2. The Morgan fingerprint density at radius 3 is 2.49 bits per heavy atom. The number of benzene rings is 2. The number of halogens is 2. The maximum Gasteiger partial charge on any atom is 0.345 e. The number of nitrogens with one attached hydrogen (secondary N) is 2. The lowest BCUT2D eigenvalue weighted by molar-refractivity contribution is -0.142. The number of nitrogens with two attached hydrogens (primary N) is 1. The van der Waals surface area contributed by atoms with Crippen molar-refractivity contribution in [2.75, 3.05) is 26.7 Å². The third-order valence-electron chi connectivity index (χ3n) is 5.42. The fraction of sp³-hybridized carbons (Fsp3) is 0.346. The van der Waals surface area contributed by atoms with Gasteiger partial charge in [-0.2, -0.15) is 8.78 Å². The molecule has 2 aromatic carbocycles. The first-order valence-corrected chi connectivity index (χ1v) is 11.7. The molecular formula is C26H31F2N4O5+. The second kappa shape index (κ2) is 12.8. The number of hydrogen-bond acceptors (Lipinski definition) is 6. The first-order valence-electron chi connectivity index (χ1n) is 11.7. The number of carbonyl (C=O) groups excluding carboxylic acids is 2. The standard InChI is InChI=1S/C26H30F2N4O5/c1-16-11-18(25(34)32-9-4-10-32)5-6-22(16)37-21-13-19(24(33)31-23(29)7-8-30-3)12-20(14-21)36-17(2)15-35-26(27)28/h5-8,11-14,17,26,30H,4,9-10,15H2,1-3H3,(H2,29,31,33)/p+1/b8-7-/t17-/m0/s1. The Hall–Kier alpha value is -3.99. The number of hydrogen-bond donors (Lipinski definition) is 3. The second-order valence-corrected chi connectivity index (χ2v) is 8.48. The molecular weight excluding hydrogens is 486 g/mol. The molecule has 1 fully saturated rings. The molecule has 198 valence electrons.